The number of ether oxygens (including phenoxy) is 4. The van der Waals surface area contributed by atoms with Crippen LogP contribution in [0.1, 0.15) is 28.3 Å². The van der Waals surface area contributed by atoms with Crippen LogP contribution in [0.5, 0.6) is 23.0 Å². The average Bonchev–Trinajstić information content (AvgIpc) is 2.76. The van der Waals surface area contributed by atoms with Gasteiger partial charge in [0.2, 0.25) is 0 Å². The van der Waals surface area contributed by atoms with E-state index in [9.17, 15) is 4.79 Å². The molecule has 1 amide bonds. The van der Waals surface area contributed by atoms with Crippen LogP contribution in [0.3, 0.4) is 0 Å². The summed E-state index contributed by atoms with van der Waals surface area (Å²) < 4.78 is 22.1. The first-order chi connectivity index (χ1) is 14.4. The third-order valence-corrected chi connectivity index (χ3v) is 5.95. The van der Waals surface area contributed by atoms with Crippen molar-refractivity contribution in [1.29, 1.82) is 0 Å². The molecular weight excluding hydrogens is 384 g/mol. The van der Waals surface area contributed by atoms with E-state index in [1.807, 2.05) is 12.1 Å². The van der Waals surface area contributed by atoms with E-state index in [-0.39, 0.29) is 6.04 Å². The van der Waals surface area contributed by atoms with E-state index in [4.69, 9.17) is 18.9 Å². The molecule has 0 spiro atoms. The highest BCUT2D eigenvalue weighted by atomic mass is 16.6. The molecule has 0 fully saturated rings. The molecule has 7 nitrogen and oxygen atoms in total. The number of hydrogen-bond donors (Lipinski definition) is 0. The van der Waals surface area contributed by atoms with Crippen molar-refractivity contribution in [3.05, 3.63) is 46.5 Å². The van der Waals surface area contributed by atoms with Gasteiger partial charge in [-0.1, -0.05) is 0 Å². The van der Waals surface area contributed by atoms with Crippen molar-refractivity contribution in [2.75, 3.05) is 42.0 Å². The predicted molar refractivity (Wildman–Crippen MR) is 113 cm³/mol. The van der Waals surface area contributed by atoms with Crippen LogP contribution in [0.25, 0.3) is 0 Å². The molecule has 2 aromatic rings. The molecule has 4 rings (SSSR count). The van der Waals surface area contributed by atoms with Gasteiger partial charge in [-0.15, -0.1) is 0 Å². The van der Waals surface area contributed by atoms with Gasteiger partial charge in [0.15, 0.2) is 23.0 Å². The first kappa shape index (κ1) is 20.3. The largest absolute Gasteiger partial charge is 0.493 e. The molecular formula is C23H28N2O5. The fourth-order valence-electron chi connectivity index (χ4n) is 4.34. The van der Waals surface area contributed by atoms with Crippen LogP contribution < -0.4 is 18.9 Å². The van der Waals surface area contributed by atoms with E-state index in [0.29, 0.717) is 11.5 Å². The molecule has 0 aliphatic carbocycles. The lowest BCUT2D eigenvalue weighted by molar-refractivity contribution is 0.158. The second kappa shape index (κ2) is 8.07. The summed E-state index contributed by atoms with van der Waals surface area (Å²) in [6.45, 7) is 1.81. The second-order valence-corrected chi connectivity index (χ2v) is 7.88. The summed E-state index contributed by atoms with van der Waals surface area (Å²) in [5.74, 6) is 2.54. The summed E-state index contributed by atoms with van der Waals surface area (Å²) in [4.78, 5) is 16.0. The minimum absolute atomic E-state index is 0.210. The molecule has 1 unspecified atom stereocenters. The van der Waals surface area contributed by atoms with Gasteiger partial charge in [0, 0.05) is 33.2 Å². The van der Waals surface area contributed by atoms with E-state index in [2.05, 4.69) is 17.0 Å². The Labute approximate surface area is 177 Å². The number of nitrogens with zero attached hydrogens (tertiary/aromatic N) is 2. The Balaban J connectivity index is 1.72. The highest BCUT2D eigenvalue weighted by Gasteiger charge is 2.34. The molecule has 1 atom stereocenters. The van der Waals surface area contributed by atoms with Crippen LogP contribution in [-0.4, -0.2) is 57.9 Å². The van der Waals surface area contributed by atoms with Gasteiger partial charge in [0.05, 0.1) is 21.3 Å². The molecule has 0 saturated heterocycles. The maximum Gasteiger partial charge on any atom is 0.414 e. The van der Waals surface area contributed by atoms with Crippen LogP contribution in [0.4, 0.5) is 4.79 Å². The maximum absolute atomic E-state index is 12.1. The van der Waals surface area contributed by atoms with E-state index in [0.717, 1.165) is 37.4 Å². The van der Waals surface area contributed by atoms with Crippen LogP contribution in [0.2, 0.25) is 0 Å². The van der Waals surface area contributed by atoms with Crippen LogP contribution >= 0.6 is 0 Å². The van der Waals surface area contributed by atoms with Crippen molar-refractivity contribution < 1.29 is 23.7 Å². The Kier molecular flexibility index (Phi) is 5.47. The quantitative estimate of drug-likeness (QED) is 0.767. The smallest absolute Gasteiger partial charge is 0.414 e. The fourth-order valence-corrected chi connectivity index (χ4v) is 4.34. The monoisotopic (exact) mass is 412 g/mol. The van der Waals surface area contributed by atoms with Gasteiger partial charge in [0.1, 0.15) is 0 Å². The molecule has 2 aliphatic heterocycles. The number of hydrogen-bond acceptors (Lipinski definition) is 6. The number of fused-ring (bicyclic) bond motifs is 4. The van der Waals surface area contributed by atoms with Gasteiger partial charge in [-0.2, -0.15) is 0 Å². The van der Waals surface area contributed by atoms with Gasteiger partial charge in [-0.3, -0.25) is 4.90 Å². The SMILES string of the molecule is COc1cc2c(cc1OC)CN1CCc3cc(OC)c(OC(=O)N(C)C)cc3C1C2. The summed E-state index contributed by atoms with van der Waals surface area (Å²) in [6.07, 6.45) is 1.36. The van der Waals surface area contributed by atoms with Gasteiger partial charge in [-0.05, 0) is 59.4 Å². The van der Waals surface area contributed by atoms with Gasteiger partial charge in [-0.25, -0.2) is 4.79 Å². The number of amides is 1. The Hall–Kier alpha value is -2.93. The summed E-state index contributed by atoms with van der Waals surface area (Å²) in [5.41, 5.74) is 4.94. The lowest BCUT2D eigenvalue weighted by Gasteiger charge is -2.41. The predicted octanol–water partition coefficient (Wildman–Crippen LogP) is 3.43. The Bertz CT molecular complexity index is 973. The summed E-state index contributed by atoms with van der Waals surface area (Å²) in [7, 11) is 8.24. The van der Waals surface area contributed by atoms with Crippen molar-refractivity contribution in [2.45, 2.75) is 25.4 Å². The van der Waals surface area contributed by atoms with Crippen LogP contribution in [0.15, 0.2) is 24.3 Å². The molecule has 7 heteroatoms. The molecule has 0 N–H and O–H groups in total. The number of carbonyl (C=O) groups is 1. The molecule has 2 heterocycles. The number of rotatable bonds is 4. The van der Waals surface area contributed by atoms with Crippen molar-refractivity contribution in [1.82, 2.24) is 9.80 Å². The van der Waals surface area contributed by atoms with Crippen molar-refractivity contribution >= 4 is 6.09 Å². The molecule has 0 bridgehead atoms. The standard InChI is InChI=1S/C23H28N2O5/c1-24(2)23(26)30-22-12-17-14(9-21(22)29-5)6-7-25-13-16-11-20(28-4)19(27-3)10-15(16)8-18(17)25/h9-12,18H,6-8,13H2,1-5H3. The second-order valence-electron chi connectivity index (χ2n) is 7.88. The van der Waals surface area contributed by atoms with Crippen molar-refractivity contribution in [3.8, 4) is 23.0 Å². The lowest BCUT2D eigenvalue weighted by atomic mass is 9.83. The molecule has 0 radical (unpaired) electrons. The van der Waals surface area contributed by atoms with Crippen LogP contribution in [-0.2, 0) is 19.4 Å². The topological polar surface area (TPSA) is 60.5 Å². The van der Waals surface area contributed by atoms with E-state index < -0.39 is 6.09 Å². The van der Waals surface area contributed by atoms with E-state index >= 15 is 0 Å². The third-order valence-electron chi connectivity index (χ3n) is 5.95. The molecule has 0 saturated carbocycles. The number of carbonyl (C=O) groups excluding carboxylic acids is 1. The van der Waals surface area contributed by atoms with E-state index in [1.54, 1.807) is 35.4 Å². The molecule has 0 aromatic heterocycles. The molecule has 2 aromatic carbocycles. The van der Waals surface area contributed by atoms with Gasteiger partial charge >= 0.3 is 6.09 Å². The lowest BCUT2D eigenvalue weighted by Crippen LogP contribution is -2.39. The summed E-state index contributed by atoms with van der Waals surface area (Å²) in [6, 6.07) is 8.35. The first-order valence-electron chi connectivity index (χ1n) is 10.0. The fraction of sp³-hybridized carbons (Fsp3) is 0.435. The van der Waals surface area contributed by atoms with Crippen molar-refractivity contribution in [2.24, 2.45) is 0 Å². The summed E-state index contributed by atoms with van der Waals surface area (Å²) >= 11 is 0. The normalized spacial score (nSPS) is 17.3. The van der Waals surface area contributed by atoms with Gasteiger partial charge < -0.3 is 23.8 Å². The van der Waals surface area contributed by atoms with Crippen LogP contribution in [0, 0.1) is 0 Å². The zero-order valence-corrected chi connectivity index (χ0v) is 18.2. The zero-order valence-electron chi connectivity index (χ0n) is 18.2. The molecule has 30 heavy (non-hydrogen) atoms. The number of methoxy groups -OCH3 is 3. The highest BCUT2D eigenvalue weighted by Crippen LogP contribution is 2.44. The van der Waals surface area contributed by atoms with E-state index in [1.165, 1.54) is 27.2 Å². The first-order valence-corrected chi connectivity index (χ1v) is 10.0. The zero-order chi connectivity index (χ0) is 21.4. The Morgan fingerprint density at radius 1 is 0.900 bits per heavy atom. The van der Waals surface area contributed by atoms with Crippen molar-refractivity contribution in [3.63, 3.8) is 0 Å². The van der Waals surface area contributed by atoms with Gasteiger partial charge in [0.25, 0.3) is 0 Å². The summed E-state index contributed by atoms with van der Waals surface area (Å²) in [5, 5.41) is 0. The third kappa shape index (κ3) is 3.54. The highest BCUT2D eigenvalue weighted by molar-refractivity contribution is 5.71. The number of benzene rings is 2. The maximum atomic E-state index is 12.1. The Morgan fingerprint density at radius 2 is 1.50 bits per heavy atom. The molecule has 160 valence electrons. The Morgan fingerprint density at radius 3 is 2.13 bits per heavy atom. The molecule has 2 aliphatic rings. The minimum Gasteiger partial charge on any atom is -0.493 e. The minimum atomic E-state index is -0.424. The average molecular weight is 412 g/mol.